The van der Waals surface area contributed by atoms with Gasteiger partial charge in [0.1, 0.15) is 17.4 Å². The number of carbonyl (C=O) groups excluding carboxylic acids is 1. The van der Waals surface area contributed by atoms with Gasteiger partial charge in [0.2, 0.25) is 5.91 Å². The summed E-state index contributed by atoms with van der Waals surface area (Å²) in [5, 5.41) is 14.1. The molecule has 1 amide bonds. The van der Waals surface area contributed by atoms with Gasteiger partial charge < -0.3 is 14.8 Å². The summed E-state index contributed by atoms with van der Waals surface area (Å²) in [7, 11) is 0. The molecule has 0 aliphatic heterocycles. The summed E-state index contributed by atoms with van der Waals surface area (Å²) >= 11 is 0. The van der Waals surface area contributed by atoms with Crippen LogP contribution in [0.4, 0.5) is 0 Å². The molecule has 1 aromatic carbocycles. The molecular weight excluding hydrogens is 278 g/mol. The molecule has 0 fully saturated rings. The van der Waals surface area contributed by atoms with E-state index >= 15 is 0 Å². The SMILES string of the molecule is O=C(NCCC(O)c1cc2ccccc2o1)C1CC=CCC1. The highest BCUT2D eigenvalue weighted by atomic mass is 16.4. The van der Waals surface area contributed by atoms with Crippen molar-refractivity contribution in [2.75, 3.05) is 6.54 Å². The van der Waals surface area contributed by atoms with Crippen molar-refractivity contribution >= 4 is 16.9 Å². The molecule has 2 N–H and O–H groups in total. The van der Waals surface area contributed by atoms with Gasteiger partial charge in [-0.3, -0.25) is 4.79 Å². The Bertz CT molecular complexity index is 641. The van der Waals surface area contributed by atoms with Crippen molar-refractivity contribution in [2.45, 2.75) is 31.8 Å². The minimum absolute atomic E-state index is 0.0772. The molecule has 0 radical (unpaired) electrons. The molecule has 4 nitrogen and oxygen atoms in total. The maximum Gasteiger partial charge on any atom is 0.223 e. The summed E-state index contributed by atoms with van der Waals surface area (Å²) in [4.78, 5) is 12.0. The van der Waals surface area contributed by atoms with E-state index in [0.717, 1.165) is 30.2 Å². The number of para-hydroxylation sites is 1. The quantitative estimate of drug-likeness (QED) is 0.832. The third-order valence-electron chi connectivity index (χ3n) is 4.13. The molecule has 0 saturated heterocycles. The van der Waals surface area contributed by atoms with Crippen molar-refractivity contribution in [2.24, 2.45) is 5.92 Å². The summed E-state index contributed by atoms with van der Waals surface area (Å²) in [5.41, 5.74) is 0.773. The van der Waals surface area contributed by atoms with Crippen LogP contribution >= 0.6 is 0 Å². The fourth-order valence-electron chi connectivity index (χ4n) is 2.82. The molecule has 0 bridgehead atoms. The number of nitrogens with one attached hydrogen (secondary N) is 1. The maximum atomic E-state index is 12.0. The van der Waals surface area contributed by atoms with Crippen LogP contribution in [-0.4, -0.2) is 17.6 Å². The molecule has 1 heterocycles. The maximum absolute atomic E-state index is 12.0. The minimum Gasteiger partial charge on any atom is -0.458 e. The molecular formula is C18H21NO3. The minimum atomic E-state index is -0.695. The Balaban J connectivity index is 1.50. The molecule has 3 rings (SSSR count). The third-order valence-corrected chi connectivity index (χ3v) is 4.13. The van der Waals surface area contributed by atoms with E-state index in [-0.39, 0.29) is 11.8 Å². The number of aliphatic hydroxyl groups is 1. The Morgan fingerprint density at radius 1 is 1.36 bits per heavy atom. The monoisotopic (exact) mass is 299 g/mol. The summed E-state index contributed by atoms with van der Waals surface area (Å²) in [6, 6.07) is 9.53. The van der Waals surface area contributed by atoms with Gasteiger partial charge in [-0.1, -0.05) is 30.4 Å². The van der Waals surface area contributed by atoms with E-state index in [1.54, 1.807) is 0 Å². The van der Waals surface area contributed by atoms with Crippen molar-refractivity contribution in [3.63, 3.8) is 0 Å². The van der Waals surface area contributed by atoms with E-state index in [1.807, 2.05) is 30.3 Å². The molecule has 0 saturated carbocycles. The molecule has 0 spiro atoms. The fourth-order valence-corrected chi connectivity index (χ4v) is 2.82. The second-order valence-electron chi connectivity index (χ2n) is 5.76. The Morgan fingerprint density at radius 2 is 2.23 bits per heavy atom. The highest BCUT2D eigenvalue weighted by molar-refractivity contribution is 5.79. The number of hydrogen-bond acceptors (Lipinski definition) is 3. The first-order valence-corrected chi connectivity index (χ1v) is 7.83. The number of fused-ring (bicyclic) bond motifs is 1. The van der Waals surface area contributed by atoms with Gasteiger partial charge in [-0.05, 0) is 37.8 Å². The van der Waals surface area contributed by atoms with Crippen LogP contribution in [0.25, 0.3) is 11.0 Å². The van der Waals surface area contributed by atoms with Crippen molar-refractivity contribution in [3.8, 4) is 0 Å². The first-order chi connectivity index (χ1) is 10.7. The molecule has 1 aliphatic rings. The lowest BCUT2D eigenvalue weighted by Gasteiger charge is -2.17. The van der Waals surface area contributed by atoms with Crippen LogP contribution in [0.2, 0.25) is 0 Å². The van der Waals surface area contributed by atoms with E-state index in [0.29, 0.717) is 18.7 Å². The van der Waals surface area contributed by atoms with E-state index in [9.17, 15) is 9.90 Å². The normalized spacial score (nSPS) is 19.2. The van der Waals surface area contributed by atoms with Crippen LogP contribution in [0.1, 0.15) is 37.5 Å². The van der Waals surface area contributed by atoms with E-state index < -0.39 is 6.10 Å². The molecule has 2 atom stereocenters. The average Bonchev–Trinajstić information content (AvgIpc) is 2.99. The Morgan fingerprint density at radius 3 is 3.00 bits per heavy atom. The van der Waals surface area contributed by atoms with Crippen LogP contribution in [0.5, 0.6) is 0 Å². The smallest absolute Gasteiger partial charge is 0.223 e. The zero-order chi connectivity index (χ0) is 15.4. The standard InChI is InChI=1S/C18H21NO3/c20-15(17-12-14-8-4-5-9-16(14)22-17)10-11-19-18(21)13-6-2-1-3-7-13/h1-2,4-5,8-9,12-13,15,20H,3,6-7,10-11H2,(H,19,21). The molecule has 1 aliphatic carbocycles. The summed E-state index contributed by atoms with van der Waals surface area (Å²) in [6.45, 7) is 0.456. The molecule has 2 aromatic rings. The van der Waals surface area contributed by atoms with Gasteiger partial charge in [0.05, 0.1) is 0 Å². The number of allylic oxidation sites excluding steroid dienone is 2. The second kappa shape index (κ2) is 6.79. The van der Waals surface area contributed by atoms with Crippen LogP contribution in [-0.2, 0) is 4.79 Å². The molecule has 2 unspecified atom stereocenters. The van der Waals surface area contributed by atoms with Gasteiger partial charge in [-0.2, -0.15) is 0 Å². The number of carbonyl (C=O) groups is 1. The zero-order valence-electron chi connectivity index (χ0n) is 12.5. The lowest BCUT2D eigenvalue weighted by Crippen LogP contribution is -2.32. The van der Waals surface area contributed by atoms with E-state index in [1.165, 1.54) is 0 Å². The summed E-state index contributed by atoms with van der Waals surface area (Å²) in [6.07, 6.45) is 6.64. The van der Waals surface area contributed by atoms with Gasteiger partial charge in [-0.15, -0.1) is 0 Å². The van der Waals surface area contributed by atoms with Gasteiger partial charge >= 0.3 is 0 Å². The number of aliphatic hydroxyl groups excluding tert-OH is 1. The van der Waals surface area contributed by atoms with Crippen LogP contribution in [0.3, 0.4) is 0 Å². The number of amides is 1. The van der Waals surface area contributed by atoms with Crippen LogP contribution < -0.4 is 5.32 Å². The topological polar surface area (TPSA) is 62.5 Å². The Hall–Kier alpha value is -2.07. The van der Waals surface area contributed by atoms with Crippen LogP contribution in [0, 0.1) is 5.92 Å². The average molecular weight is 299 g/mol. The van der Waals surface area contributed by atoms with Crippen molar-refractivity contribution in [1.82, 2.24) is 5.32 Å². The van der Waals surface area contributed by atoms with Gasteiger partial charge in [0.15, 0.2) is 0 Å². The predicted octanol–water partition coefficient (Wildman–Crippen LogP) is 3.33. The van der Waals surface area contributed by atoms with Crippen LogP contribution in [0.15, 0.2) is 46.9 Å². The summed E-state index contributed by atoms with van der Waals surface area (Å²) in [5.74, 6) is 0.713. The number of furan rings is 1. The highest BCUT2D eigenvalue weighted by Crippen LogP contribution is 2.25. The van der Waals surface area contributed by atoms with E-state index in [4.69, 9.17) is 4.42 Å². The molecule has 116 valence electrons. The van der Waals surface area contributed by atoms with Crippen molar-refractivity contribution < 1.29 is 14.3 Å². The van der Waals surface area contributed by atoms with Gasteiger partial charge in [0.25, 0.3) is 0 Å². The first-order valence-electron chi connectivity index (χ1n) is 7.83. The third kappa shape index (κ3) is 3.39. The van der Waals surface area contributed by atoms with E-state index in [2.05, 4.69) is 17.5 Å². The molecule has 4 heteroatoms. The number of benzene rings is 1. The zero-order valence-corrected chi connectivity index (χ0v) is 12.5. The largest absolute Gasteiger partial charge is 0.458 e. The van der Waals surface area contributed by atoms with Crippen molar-refractivity contribution in [1.29, 1.82) is 0 Å². The highest BCUT2D eigenvalue weighted by Gasteiger charge is 2.19. The Kier molecular flexibility index (Phi) is 4.59. The number of rotatable bonds is 5. The second-order valence-corrected chi connectivity index (χ2v) is 5.76. The first kappa shape index (κ1) is 14.9. The van der Waals surface area contributed by atoms with Crippen molar-refractivity contribution in [3.05, 3.63) is 48.2 Å². The lowest BCUT2D eigenvalue weighted by atomic mass is 9.93. The fraction of sp³-hybridized carbons (Fsp3) is 0.389. The summed E-state index contributed by atoms with van der Waals surface area (Å²) < 4.78 is 5.63. The lowest BCUT2D eigenvalue weighted by molar-refractivity contribution is -0.125. The number of hydrogen-bond donors (Lipinski definition) is 2. The Labute approximate surface area is 129 Å². The predicted molar refractivity (Wildman–Crippen MR) is 85.3 cm³/mol. The molecule has 1 aromatic heterocycles. The van der Waals surface area contributed by atoms with Gasteiger partial charge in [-0.25, -0.2) is 0 Å². The molecule has 22 heavy (non-hydrogen) atoms. The van der Waals surface area contributed by atoms with Gasteiger partial charge in [0, 0.05) is 17.8 Å².